The molecule has 1 heterocycles. The molecule has 0 fully saturated rings. The van der Waals surface area contributed by atoms with Crippen LogP contribution in [0.3, 0.4) is 0 Å². The zero-order valence-electron chi connectivity index (χ0n) is 10.7. The summed E-state index contributed by atoms with van der Waals surface area (Å²) in [6, 6.07) is 9.67. The first-order valence-corrected chi connectivity index (χ1v) is 6.10. The maximum atomic E-state index is 11.9. The maximum Gasteiger partial charge on any atom is 0.355 e. The van der Waals surface area contributed by atoms with Crippen molar-refractivity contribution in [1.29, 1.82) is 0 Å². The number of hydrogen-bond acceptors (Lipinski definition) is 2. The summed E-state index contributed by atoms with van der Waals surface area (Å²) < 4.78 is 5.28. The zero-order chi connectivity index (χ0) is 13.0. The van der Waals surface area contributed by atoms with Crippen LogP contribution in [-0.4, -0.2) is 11.0 Å². The van der Waals surface area contributed by atoms with E-state index in [1.807, 2.05) is 43.5 Å². The molecule has 1 aromatic heterocycles. The van der Waals surface area contributed by atoms with Crippen LogP contribution < -0.4 is 0 Å². The van der Waals surface area contributed by atoms with E-state index >= 15 is 0 Å². The van der Waals surface area contributed by atoms with Crippen LogP contribution in [0.25, 0.3) is 0 Å². The number of nitrogens with one attached hydrogen (secondary N) is 1. The molecule has 3 nitrogen and oxygen atoms in total. The molecule has 3 heteroatoms. The van der Waals surface area contributed by atoms with Crippen LogP contribution in [0.1, 0.15) is 34.1 Å². The molecule has 18 heavy (non-hydrogen) atoms. The highest BCUT2D eigenvalue weighted by atomic mass is 16.5. The molecule has 0 aliphatic heterocycles. The number of esters is 1. The average Bonchev–Trinajstić information content (AvgIpc) is 2.78. The standard InChI is InChI=1S/C15H17NO2/c1-3-13-9-16-14(11(13)2)15(17)18-10-12-7-5-4-6-8-12/h4-9,16H,3,10H2,1-2H3. The summed E-state index contributed by atoms with van der Waals surface area (Å²) in [5.41, 5.74) is 3.69. The molecule has 0 aliphatic carbocycles. The Kier molecular flexibility index (Phi) is 3.82. The predicted molar refractivity (Wildman–Crippen MR) is 70.5 cm³/mol. The zero-order valence-corrected chi connectivity index (χ0v) is 10.7. The summed E-state index contributed by atoms with van der Waals surface area (Å²) in [6.45, 7) is 4.31. The average molecular weight is 243 g/mol. The molecule has 1 aromatic carbocycles. The number of hydrogen-bond donors (Lipinski definition) is 1. The normalized spacial score (nSPS) is 10.3. The van der Waals surface area contributed by atoms with Crippen molar-refractivity contribution in [3.8, 4) is 0 Å². The largest absolute Gasteiger partial charge is 0.456 e. The van der Waals surface area contributed by atoms with E-state index in [9.17, 15) is 4.79 Å². The quantitative estimate of drug-likeness (QED) is 0.837. The van der Waals surface area contributed by atoms with E-state index in [1.165, 1.54) is 0 Å². The second kappa shape index (κ2) is 5.54. The van der Waals surface area contributed by atoms with Crippen molar-refractivity contribution in [2.45, 2.75) is 26.9 Å². The van der Waals surface area contributed by atoms with Crippen molar-refractivity contribution in [3.63, 3.8) is 0 Å². The van der Waals surface area contributed by atoms with Crippen LogP contribution in [0.5, 0.6) is 0 Å². The predicted octanol–water partition coefficient (Wildman–Crippen LogP) is 3.24. The highest BCUT2D eigenvalue weighted by Crippen LogP contribution is 2.15. The Morgan fingerprint density at radius 2 is 2.00 bits per heavy atom. The first-order valence-electron chi connectivity index (χ1n) is 6.10. The SMILES string of the molecule is CCc1c[nH]c(C(=O)OCc2ccccc2)c1C. The molecule has 2 rings (SSSR count). The van der Waals surface area contributed by atoms with E-state index in [4.69, 9.17) is 4.74 Å². The van der Waals surface area contributed by atoms with E-state index < -0.39 is 0 Å². The van der Waals surface area contributed by atoms with Gasteiger partial charge in [-0.15, -0.1) is 0 Å². The summed E-state index contributed by atoms with van der Waals surface area (Å²) in [5.74, 6) is -0.295. The van der Waals surface area contributed by atoms with E-state index in [1.54, 1.807) is 0 Å². The van der Waals surface area contributed by atoms with E-state index in [2.05, 4.69) is 11.9 Å². The Morgan fingerprint density at radius 1 is 1.28 bits per heavy atom. The molecule has 0 spiro atoms. The van der Waals surface area contributed by atoms with Crippen molar-refractivity contribution in [2.75, 3.05) is 0 Å². The van der Waals surface area contributed by atoms with Crippen molar-refractivity contribution < 1.29 is 9.53 Å². The lowest BCUT2D eigenvalue weighted by molar-refractivity contribution is 0.0465. The van der Waals surface area contributed by atoms with Gasteiger partial charge in [-0.1, -0.05) is 37.3 Å². The summed E-state index contributed by atoms with van der Waals surface area (Å²) >= 11 is 0. The molecule has 0 aliphatic rings. The molecule has 94 valence electrons. The van der Waals surface area contributed by atoms with Crippen molar-refractivity contribution in [3.05, 3.63) is 58.9 Å². The number of H-pyrrole nitrogens is 1. The monoisotopic (exact) mass is 243 g/mol. The van der Waals surface area contributed by atoms with E-state index in [-0.39, 0.29) is 5.97 Å². The first-order chi connectivity index (χ1) is 8.72. The smallest absolute Gasteiger partial charge is 0.355 e. The third kappa shape index (κ3) is 2.62. The van der Waals surface area contributed by atoms with Crippen molar-refractivity contribution >= 4 is 5.97 Å². The number of benzene rings is 1. The number of carbonyl (C=O) groups excluding carboxylic acids is 1. The summed E-state index contributed by atoms with van der Waals surface area (Å²) in [6.07, 6.45) is 2.78. The lowest BCUT2D eigenvalue weighted by atomic mass is 10.1. The first kappa shape index (κ1) is 12.4. The number of rotatable bonds is 4. The van der Waals surface area contributed by atoms with Gasteiger partial charge in [-0.25, -0.2) is 4.79 Å². The fraction of sp³-hybridized carbons (Fsp3) is 0.267. The third-order valence-electron chi connectivity index (χ3n) is 3.05. The molecule has 0 amide bonds. The van der Waals surface area contributed by atoms with Crippen LogP contribution in [0.2, 0.25) is 0 Å². The summed E-state index contributed by atoms with van der Waals surface area (Å²) in [4.78, 5) is 14.9. The Hall–Kier alpha value is -2.03. The fourth-order valence-corrected chi connectivity index (χ4v) is 1.91. The Bertz CT molecular complexity index is 529. The van der Waals surface area contributed by atoms with E-state index in [0.29, 0.717) is 12.3 Å². The van der Waals surface area contributed by atoms with Crippen LogP contribution in [0.15, 0.2) is 36.5 Å². The van der Waals surface area contributed by atoms with Gasteiger partial charge in [0.15, 0.2) is 0 Å². The second-order valence-electron chi connectivity index (χ2n) is 4.23. The van der Waals surface area contributed by atoms with Gasteiger partial charge in [0.1, 0.15) is 12.3 Å². The van der Waals surface area contributed by atoms with Gasteiger partial charge in [-0.3, -0.25) is 0 Å². The van der Waals surface area contributed by atoms with Crippen LogP contribution in [0.4, 0.5) is 0 Å². The van der Waals surface area contributed by atoms with Gasteiger partial charge in [-0.05, 0) is 30.0 Å². The minimum atomic E-state index is -0.295. The van der Waals surface area contributed by atoms with Crippen molar-refractivity contribution in [2.24, 2.45) is 0 Å². The molecule has 1 N–H and O–H groups in total. The molecule has 0 saturated heterocycles. The van der Waals surface area contributed by atoms with Crippen molar-refractivity contribution in [1.82, 2.24) is 4.98 Å². The third-order valence-corrected chi connectivity index (χ3v) is 3.05. The van der Waals surface area contributed by atoms with Crippen LogP contribution >= 0.6 is 0 Å². The van der Waals surface area contributed by atoms with Gasteiger partial charge in [-0.2, -0.15) is 0 Å². The fourth-order valence-electron chi connectivity index (χ4n) is 1.91. The number of aromatic nitrogens is 1. The second-order valence-corrected chi connectivity index (χ2v) is 4.23. The molecule has 0 bridgehead atoms. The highest BCUT2D eigenvalue weighted by molar-refractivity contribution is 5.89. The van der Waals surface area contributed by atoms with E-state index in [0.717, 1.165) is 23.1 Å². The number of carbonyl (C=O) groups is 1. The molecule has 0 radical (unpaired) electrons. The van der Waals surface area contributed by atoms with Gasteiger partial charge in [0.05, 0.1) is 0 Å². The number of aryl methyl sites for hydroxylation is 1. The van der Waals surface area contributed by atoms with Gasteiger partial charge in [0, 0.05) is 6.20 Å². The molecule has 0 atom stereocenters. The topological polar surface area (TPSA) is 42.1 Å². The van der Waals surface area contributed by atoms with Crippen LogP contribution in [0, 0.1) is 6.92 Å². The number of ether oxygens (including phenoxy) is 1. The van der Waals surface area contributed by atoms with Crippen LogP contribution in [-0.2, 0) is 17.8 Å². The molecule has 0 unspecified atom stereocenters. The minimum Gasteiger partial charge on any atom is -0.456 e. The molecular weight excluding hydrogens is 226 g/mol. The molecule has 0 saturated carbocycles. The molecule has 2 aromatic rings. The Labute approximate surface area is 107 Å². The lowest BCUT2D eigenvalue weighted by Gasteiger charge is -2.04. The highest BCUT2D eigenvalue weighted by Gasteiger charge is 2.14. The van der Waals surface area contributed by atoms with Gasteiger partial charge < -0.3 is 9.72 Å². The summed E-state index contributed by atoms with van der Waals surface area (Å²) in [7, 11) is 0. The Morgan fingerprint density at radius 3 is 2.61 bits per heavy atom. The Balaban J connectivity index is 2.02. The lowest BCUT2D eigenvalue weighted by Crippen LogP contribution is -2.07. The van der Waals surface area contributed by atoms with Gasteiger partial charge in [0.25, 0.3) is 0 Å². The summed E-state index contributed by atoms with van der Waals surface area (Å²) in [5, 5.41) is 0. The minimum absolute atomic E-state index is 0.295. The van der Waals surface area contributed by atoms with Gasteiger partial charge >= 0.3 is 5.97 Å². The van der Waals surface area contributed by atoms with Gasteiger partial charge in [0.2, 0.25) is 0 Å². The number of aromatic amines is 1. The maximum absolute atomic E-state index is 11.9. The molecular formula is C15H17NO2.